The van der Waals surface area contributed by atoms with Gasteiger partial charge in [-0.15, -0.1) is 0 Å². The molecule has 17 heteroatoms. The summed E-state index contributed by atoms with van der Waals surface area (Å²) in [6.07, 6.45) is -6.84. The second-order valence-corrected chi connectivity index (χ2v) is 14.0. The van der Waals surface area contributed by atoms with Gasteiger partial charge >= 0.3 is 39.5 Å². The van der Waals surface area contributed by atoms with Gasteiger partial charge in [0.25, 0.3) is 6.10 Å². The normalized spacial score (nSPS) is 23.6. The average molecular weight is 822 g/mol. The predicted molar refractivity (Wildman–Crippen MR) is 143 cm³/mol. The molecule has 5 unspecified atom stereocenters. The first kappa shape index (κ1) is 32.9. The Hall–Kier alpha value is -1.61. The highest BCUT2D eigenvalue weighted by Gasteiger charge is 2.66. The predicted octanol–water partition coefficient (Wildman–Crippen LogP) is 5.15. The molecule has 2 aliphatic carbocycles. The minimum Gasteiger partial charge on any atom is -0.460 e. The zero-order chi connectivity index (χ0) is 30.6. The Balaban J connectivity index is 1.97. The van der Waals surface area contributed by atoms with Crippen LogP contribution in [0.5, 0.6) is 5.75 Å². The minimum absolute atomic E-state index is 0.0117. The summed E-state index contributed by atoms with van der Waals surface area (Å²) in [5.74, 6) is -7.32. The molecule has 1 fully saturated rings. The molecule has 0 aromatic heterocycles. The monoisotopic (exact) mass is 822 g/mol. The molecule has 0 amide bonds. The number of allylic oxidation sites excluding steroid dienone is 2. The quantitative estimate of drug-likeness (QED) is 0.0991. The van der Waals surface area contributed by atoms with Crippen molar-refractivity contribution in [2.75, 3.05) is 0 Å². The van der Waals surface area contributed by atoms with Crippen LogP contribution in [0.4, 0.5) is 22.0 Å². The van der Waals surface area contributed by atoms with Crippen LogP contribution < -0.4 is 4.74 Å². The van der Waals surface area contributed by atoms with Gasteiger partial charge in [0.05, 0.1) is 15.4 Å². The summed E-state index contributed by atoms with van der Waals surface area (Å²) >= 11 is 3.22. The number of benzene rings is 1. The Morgan fingerprint density at radius 3 is 1.98 bits per heavy atom. The van der Waals surface area contributed by atoms with Gasteiger partial charge < -0.3 is 14.2 Å². The lowest BCUT2D eigenvalue weighted by atomic mass is 9.83. The van der Waals surface area contributed by atoms with E-state index in [0.717, 1.165) is 6.07 Å². The zero-order valence-electron chi connectivity index (χ0n) is 20.7. The summed E-state index contributed by atoms with van der Waals surface area (Å²) in [7, 11) is -6.67. The van der Waals surface area contributed by atoms with Crippen molar-refractivity contribution in [3.63, 3.8) is 0 Å². The average Bonchev–Trinajstić information content (AvgIpc) is 3.37. The number of alkyl halides is 5. The summed E-state index contributed by atoms with van der Waals surface area (Å²) < 4.78 is 113. The van der Waals surface area contributed by atoms with Crippen LogP contribution in [0.15, 0.2) is 24.3 Å². The number of ether oxygens (including phenoxy) is 3. The molecule has 1 N–H and O–H groups in total. The highest BCUT2D eigenvalue weighted by molar-refractivity contribution is 14.1. The summed E-state index contributed by atoms with van der Waals surface area (Å²) in [6.45, 7) is 4.90. The molecule has 0 heterocycles. The van der Waals surface area contributed by atoms with Crippen molar-refractivity contribution in [1.82, 2.24) is 0 Å². The maximum absolute atomic E-state index is 14.0. The molecule has 2 bridgehead atoms. The van der Waals surface area contributed by atoms with Crippen molar-refractivity contribution in [2.24, 2.45) is 23.7 Å². The number of rotatable bonds is 7. The van der Waals surface area contributed by atoms with Crippen molar-refractivity contribution in [2.45, 2.75) is 50.3 Å². The van der Waals surface area contributed by atoms with E-state index in [2.05, 4.69) is 4.74 Å². The third-order valence-corrected chi connectivity index (χ3v) is 8.34. The molecule has 40 heavy (non-hydrogen) atoms. The number of esters is 3. The molecule has 0 aliphatic heterocycles. The minimum atomic E-state index is -6.67. The van der Waals surface area contributed by atoms with Gasteiger partial charge in [0.1, 0.15) is 11.2 Å². The molecule has 222 valence electrons. The van der Waals surface area contributed by atoms with Gasteiger partial charge in [-0.2, -0.15) is 30.4 Å². The SMILES string of the molecule is CC(C)(C)OC(=O)C1C2C=CC(C2)C1C(=O)Oc1c(I)cc(I)cc1C(=O)OC(C(F)(F)F)C(F)(F)S(=O)(=O)O. The van der Waals surface area contributed by atoms with Crippen LogP contribution in [0.2, 0.25) is 0 Å². The van der Waals surface area contributed by atoms with E-state index < -0.39 is 80.2 Å². The molecule has 0 saturated heterocycles. The first-order valence-electron chi connectivity index (χ1n) is 11.3. The number of carbonyl (C=O) groups excluding carboxylic acids is 3. The standard InChI is InChI=1S/C23H21F5I2O9S/c1-21(2,3)39-19(33)15-10-5-4-9(6-10)14(15)18(32)37-16-12(7-11(29)8-13(16)30)17(31)38-20(22(24,25)26)23(27,28)40(34,35)36/h4-5,7-10,14-15,20H,6H2,1-3H3,(H,34,35,36). The van der Waals surface area contributed by atoms with Crippen molar-refractivity contribution >= 4 is 73.2 Å². The Labute approximate surface area is 252 Å². The Kier molecular flexibility index (Phi) is 9.24. The van der Waals surface area contributed by atoms with Crippen LogP contribution in [-0.2, 0) is 29.2 Å². The zero-order valence-corrected chi connectivity index (χ0v) is 25.8. The van der Waals surface area contributed by atoms with E-state index in [1.54, 1.807) is 78.1 Å². The molecule has 1 aromatic carbocycles. The lowest BCUT2D eigenvalue weighted by molar-refractivity contribution is -0.248. The van der Waals surface area contributed by atoms with E-state index in [4.69, 9.17) is 14.0 Å². The fraction of sp³-hybridized carbons (Fsp3) is 0.522. The van der Waals surface area contributed by atoms with Gasteiger partial charge in [-0.05, 0) is 96.3 Å². The summed E-state index contributed by atoms with van der Waals surface area (Å²) in [5.41, 5.74) is -1.78. The summed E-state index contributed by atoms with van der Waals surface area (Å²) in [5, 5.41) is -5.96. The van der Waals surface area contributed by atoms with E-state index >= 15 is 0 Å². The summed E-state index contributed by atoms with van der Waals surface area (Å²) in [6, 6.07) is 2.22. The van der Waals surface area contributed by atoms with Gasteiger partial charge in [-0.3, -0.25) is 14.1 Å². The maximum atomic E-state index is 14.0. The van der Waals surface area contributed by atoms with Gasteiger partial charge in [-0.1, -0.05) is 12.2 Å². The fourth-order valence-corrected chi connectivity index (χ4v) is 6.86. The van der Waals surface area contributed by atoms with Gasteiger partial charge in [0, 0.05) is 3.57 Å². The molecule has 9 nitrogen and oxygen atoms in total. The molecule has 1 saturated carbocycles. The summed E-state index contributed by atoms with van der Waals surface area (Å²) in [4.78, 5) is 39.0. The largest absolute Gasteiger partial charge is 0.460 e. The molecule has 3 rings (SSSR count). The van der Waals surface area contributed by atoms with E-state index in [9.17, 15) is 44.8 Å². The van der Waals surface area contributed by atoms with Crippen molar-refractivity contribution in [3.05, 3.63) is 37.0 Å². The number of halogens is 7. The molecular weight excluding hydrogens is 801 g/mol. The lowest BCUT2D eigenvalue weighted by Gasteiger charge is -2.29. The first-order valence-corrected chi connectivity index (χ1v) is 14.9. The fourth-order valence-electron chi connectivity index (χ4n) is 4.45. The van der Waals surface area contributed by atoms with Gasteiger partial charge in [0.15, 0.2) is 5.75 Å². The van der Waals surface area contributed by atoms with Crippen molar-refractivity contribution in [3.8, 4) is 5.75 Å². The van der Waals surface area contributed by atoms with E-state index in [1.165, 1.54) is 6.07 Å². The molecular formula is C23H21F5I2O9S. The van der Waals surface area contributed by atoms with Crippen LogP contribution in [-0.4, -0.2) is 54.0 Å². The van der Waals surface area contributed by atoms with E-state index in [-0.39, 0.29) is 13.1 Å². The van der Waals surface area contributed by atoms with Crippen molar-refractivity contribution in [1.29, 1.82) is 0 Å². The Morgan fingerprint density at radius 1 is 0.975 bits per heavy atom. The second-order valence-electron chi connectivity index (χ2n) is 10.1. The topological polar surface area (TPSA) is 133 Å². The van der Waals surface area contributed by atoms with Crippen LogP contribution in [0.25, 0.3) is 0 Å². The molecule has 0 spiro atoms. The Morgan fingerprint density at radius 2 is 1.50 bits per heavy atom. The van der Waals surface area contributed by atoms with Crippen LogP contribution in [0.3, 0.4) is 0 Å². The van der Waals surface area contributed by atoms with Gasteiger partial charge in [-0.25, -0.2) is 4.79 Å². The van der Waals surface area contributed by atoms with Crippen molar-refractivity contribution < 1.29 is 63.5 Å². The van der Waals surface area contributed by atoms with Crippen LogP contribution in [0.1, 0.15) is 37.6 Å². The molecule has 2 aliphatic rings. The molecule has 5 atom stereocenters. The third kappa shape index (κ3) is 6.88. The maximum Gasteiger partial charge on any atom is 0.432 e. The lowest BCUT2D eigenvalue weighted by Crippen LogP contribution is -2.52. The molecule has 1 aromatic rings. The van der Waals surface area contributed by atoms with Crippen LogP contribution in [0, 0.1) is 30.8 Å². The van der Waals surface area contributed by atoms with E-state index in [0.29, 0.717) is 6.42 Å². The Bertz CT molecular complexity index is 1360. The van der Waals surface area contributed by atoms with Crippen LogP contribution >= 0.6 is 45.2 Å². The highest BCUT2D eigenvalue weighted by Crippen LogP contribution is 2.50. The molecule has 0 radical (unpaired) electrons. The number of hydrogen-bond donors (Lipinski definition) is 1. The first-order chi connectivity index (χ1) is 18.0. The third-order valence-electron chi connectivity index (χ3n) is 6.01. The smallest absolute Gasteiger partial charge is 0.432 e. The number of carbonyl (C=O) groups is 3. The number of hydrogen-bond acceptors (Lipinski definition) is 8. The second kappa shape index (κ2) is 11.2. The number of fused-ring (bicyclic) bond motifs is 2. The van der Waals surface area contributed by atoms with Gasteiger partial charge in [0.2, 0.25) is 0 Å². The highest BCUT2D eigenvalue weighted by atomic mass is 127. The van der Waals surface area contributed by atoms with E-state index in [1.807, 2.05) is 0 Å².